The molecule has 145 valence electrons. The van der Waals surface area contributed by atoms with Crippen molar-refractivity contribution in [3.05, 3.63) is 59.7 Å². The van der Waals surface area contributed by atoms with Crippen LogP contribution >= 0.6 is 0 Å². The monoisotopic (exact) mass is 377 g/mol. The molecule has 3 nitrogen and oxygen atoms in total. The summed E-state index contributed by atoms with van der Waals surface area (Å²) < 4.78 is 37.7. The minimum absolute atomic E-state index is 0.0328. The van der Waals surface area contributed by atoms with Gasteiger partial charge < -0.3 is 4.90 Å². The maximum absolute atomic E-state index is 12.6. The maximum atomic E-state index is 12.6. The van der Waals surface area contributed by atoms with E-state index in [1.807, 2.05) is 12.1 Å². The van der Waals surface area contributed by atoms with Crippen LogP contribution in [0.3, 0.4) is 0 Å². The van der Waals surface area contributed by atoms with Gasteiger partial charge in [0.1, 0.15) is 0 Å². The van der Waals surface area contributed by atoms with Crippen LogP contribution in [0.5, 0.6) is 5.75 Å². The summed E-state index contributed by atoms with van der Waals surface area (Å²) in [6.45, 7) is 4.86. The predicted octanol–water partition coefficient (Wildman–Crippen LogP) is 4.99. The molecule has 1 radical (unpaired) electrons. The van der Waals surface area contributed by atoms with Crippen LogP contribution in [-0.4, -0.2) is 37.6 Å². The third-order valence-corrected chi connectivity index (χ3v) is 5.05. The van der Waals surface area contributed by atoms with Gasteiger partial charge in [-0.25, -0.2) is 0 Å². The fourth-order valence-corrected chi connectivity index (χ4v) is 3.41. The Morgan fingerprint density at radius 2 is 1.44 bits per heavy atom. The molecule has 0 bridgehead atoms. The summed E-state index contributed by atoms with van der Waals surface area (Å²) in [5.74, 6) is 0.0328. The van der Waals surface area contributed by atoms with Crippen LogP contribution in [0, 0.1) is 0 Å². The summed E-state index contributed by atoms with van der Waals surface area (Å²) in [6, 6.07) is 12.4. The van der Waals surface area contributed by atoms with Gasteiger partial charge in [-0.1, -0.05) is 12.1 Å². The van der Waals surface area contributed by atoms with E-state index in [1.165, 1.54) is 0 Å². The third-order valence-electron chi connectivity index (χ3n) is 5.05. The molecule has 6 heteroatoms. The van der Waals surface area contributed by atoms with Crippen LogP contribution in [-0.2, 0) is 17.7 Å². The van der Waals surface area contributed by atoms with E-state index in [0.717, 1.165) is 75.4 Å². The SMILES string of the molecule is [O]c1ccc(N2CCN(CCCCc3ccc(C(F)(F)F)cc3)CC2)cc1. The fourth-order valence-electron chi connectivity index (χ4n) is 3.41. The number of piperazine rings is 1. The Labute approximate surface area is 158 Å². The number of rotatable bonds is 6. The quantitative estimate of drug-likeness (QED) is 0.663. The number of halogens is 3. The number of aryl methyl sites for hydroxylation is 1. The van der Waals surface area contributed by atoms with Crippen LogP contribution in [0.25, 0.3) is 0 Å². The van der Waals surface area contributed by atoms with E-state index in [4.69, 9.17) is 0 Å². The molecule has 0 amide bonds. The van der Waals surface area contributed by atoms with E-state index < -0.39 is 11.7 Å². The lowest BCUT2D eigenvalue weighted by Crippen LogP contribution is -2.46. The highest BCUT2D eigenvalue weighted by Crippen LogP contribution is 2.29. The number of nitrogens with zero attached hydrogens (tertiary/aromatic N) is 2. The first-order valence-electron chi connectivity index (χ1n) is 9.32. The molecule has 0 aliphatic carbocycles. The topological polar surface area (TPSA) is 26.4 Å². The standard InChI is InChI=1S/C21H24F3N2O/c22-21(23,24)18-6-4-17(5-7-18)3-1-2-12-25-13-15-26(16-14-25)19-8-10-20(27)11-9-19/h4-11H,1-3,12-16H2. The lowest BCUT2D eigenvalue weighted by atomic mass is 10.1. The number of hydrogen-bond acceptors (Lipinski definition) is 2. The van der Waals surface area contributed by atoms with E-state index >= 15 is 0 Å². The summed E-state index contributed by atoms with van der Waals surface area (Å²) in [6.07, 6.45) is -1.46. The zero-order valence-corrected chi connectivity index (χ0v) is 15.2. The molecular formula is C21H24F3N2O. The van der Waals surface area contributed by atoms with Crippen molar-refractivity contribution in [2.24, 2.45) is 0 Å². The van der Waals surface area contributed by atoms with Crippen LogP contribution in [0.15, 0.2) is 48.5 Å². The van der Waals surface area contributed by atoms with Crippen molar-refractivity contribution in [3.63, 3.8) is 0 Å². The number of anilines is 1. The van der Waals surface area contributed by atoms with Gasteiger partial charge >= 0.3 is 6.18 Å². The molecule has 1 heterocycles. The second-order valence-electron chi connectivity index (χ2n) is 6.97. The fraction of sp³-hybridized carbons (Fsp3) is 0.429. The summed E-state index contributed by atoms with van der Waals surface area (Å²) in [5.41, 5.74) is 1.46. The van der Waals surface area contributed by atoms with Crippen LogP contribution in [0.2, 0.25) is 0 Å². The highest BCUT2D eigenvalue weighted by molar-refractivity contribution is 5.49. The zero-order valence-electron chi connectivity index (χ0n) is 15.2. The molecule has 0 atom stereocenters. The first-order chi connectivity index (χ1) is 12.9. The lowest BCUT2D eigenvalue weighted by molar-refractivity contribution is -0.137. The minimum atomic E-state index is -4.27. The molecule has 1 fully saturated rings. The van der Waals surface area contributed by atoms with Gasteiger partial charge in [0.05, 0.1) is 5.56 Å². The Morgan fingerprint density at radius 3 is 2.04 bits per heavy atom. The normalized spacial score (nSPS) is 15.9. The van der Waals surface area contributed by atoms with Crippen molar-refractivity contribution in [3.8, 4) is 5.75 Å². The molecule has 3 rings (SSSR count). The largest absolute Gasteiger partial charge is 0.416 e. The number of benzene rings is 2. The Kier molecular flexibility index (Phi) is 6.26. The first-order valence-corrected chi connectivity index (χ1v) is 9.32. The molecule has 0 N–H and O–H groups in total. The molecule has 0 aromatic heterocycles. The van der Waals surface area contributed by atoms with Gasteiger partial charge in [-0.05, 0) is 67.8 Å². The molecule has 27 heavy (non-hydrogen) atoms. The molecule has 2 aromatic rings. The van der Waals surface area contributed by atoms with Crippen LogP contribution < -0.4 is 4.90 Å². The Bertz CT molecular complexity index is 706. The van der Waals surface area contributed by atoms with E-state index in [-0.39, 0.29) is 5.75 Å². The van der Waals surface area contributed by atoms with E-state index in [0.29, 0.717) is 0 Å². The van der Waals surface area contributed by atoms with E-state index in [9.17, 15) is 18.3 Å². The van der Waals surface area contributed by atoms with Gasteiger partial charge in [0.25, 0.3) is 0 Å². The second-order valence-corrected chi connectivity index (χ2v) is 6.97. The lowest BCUT2D eigenvalue weighted by Gasteiger charge is -2.36. The van der Waals surface area contributed by atoms with Crippen LogP contribution in [0.4, 0.5) is 18.9 Å². The van der Waals surface area contributed by atoms with Crippen molar-refractivity contribution in [2.75, 3.05) is 37.6 Å². The summed E-state index contributed by atoms with van der Waals surface area (Å²) in [4.78, 5) is 4.71. The third kappa shape index (κ3) is 5.63. The summed E-state index contributed by atoms with van der Waals surface area (Å²) in [5, 5.41) is 11.2. The number of hydrogen-bond donors (Lipinski definition) is 0. The molecular weight excluding hydrogens is 353 g/mol. The molecule has 1 aliphatic heterocycles. The van der Waals surface area contributed by atoms with Crippen molar-refractivity contribution in [2.45, 2.75) is 25.4 Å². The number of alkyl halides is 3. The number of unbranched alkanes of at least 4 members (excludes halogenated alkanes) is 1. The van der Waals surface area contributed by atoms with Gasteiger partial charge in [-0.3, -0.25) is 10.0 Å². The van der Waals surface area contributed by atoms with Crippen LogP contribution in [0.1, 0.15) is 24.0 Å². The van der Waals surface area contributed by atoms with Gasteiger partial charge in [0.2, 0.25) is 0 Å². The predicted molar refractivity (Wildman–Crippen MR) is 99.6 cm³/mol. The summed E-state index contributed by atoms with van der Waals surface area (Å²) in [7, 11) is 0. The summed E-state index contributed by atoms with van der Waals surface area (Å²) >= 11 is 0. The minimum Gasteiger partial charge on any atom is -0.369 e. The van der Waals surface area contributed by atoms with Gasteiger partial charge in [-0.15, -0.1) is 0 Å². The molecule has 0 saturated carbocycles. The smallest absolute Gasteiger partial charge is 0.369 e. The first kappa shape index (κ1) is 19.5. The van der Waals surface area contributed by atoms with Gasteiger partial charge in [-0.2, -0.15) is 13.2 Å². The highest BCUT2D eigenvalue weighted by Gasteiger charge is 2.29. The average molecular weight is 377 g/mol. The van der Waals surface area contributed by atoms with Crippen molar-refractivity contribution in [1.82, 2.24) is 4.90 Å². The van der Waals surface area contributed by atoms with E-state index in [2.05, 4.69) is 9.80 Å². The van der Waals surface area contributed by atoms with E-state index in [1.54, 1.807) is 24.3 Å². The maximum Gasteiger partial charge on any atom is 0.416 e. The average Bonchev–Trinajstić information content (AvgIpc) is 2.66. The van der Waals surface area contributed by atoms with Crippen molar-refractivity contribution >= 4 is 5.69 Å². The van der Waals surface area contributed by atoms with Gasteiger partial charge in [0, 0.05) is 31.9 Å². The highest BCUT2D eigenvalue weighted by atomic mass is 19.4. The Morgan fingerprint density at radius 1 is 0.815 bits per heavy atom. The molecule has 2 aromatic carbocycles. The zero-order chi connectivity index (χ0) is 19.3. The molecule has 0 unspecified atom stereocenters. The van der Waals surface area contributed by atoms with Gasteiger partial charge in [0.15, 0.2) is 5.75 Å². The Balaban J connectivity index is 1.35. The second kappa shape index (κ2) is 8.65. The molecule has 1 aliphatic rings. The molecule has 1 saturated heterocycles. The molecule has 0 spiro atoms. The Hall–Kier alpha value is -2.21. The van der Waals surface area contributed by atoms with Crippen molar-refractivity contribution < 1.29 is 18.3 Å². The van der Waals surface area contributed by atoms with Crippen molar-refractivity contribution in [1.29, 1.82) is 0 Å².